The quantitative estimate of drug-likeness (QED) is 0.837. The molecule has 0 bridgehead atoms. The molecule has 2 aromatic heterocycles. The van der Waals surface area contributed by atoms with Gasteiger partial charge in [0.05, 0.1) is 17.5 Å². The maximum absolute atomic E-state index is 10.1. The van der Waals surface area contributed by atoms with Gasteiger partial charge < -0.3 is 9.67 Å². The molecule has 0 spiro atoms. The van der Waals surface area contributed by atoms with Crippen molar-refractivity contribution < 1.29 is 5.11 Å². The molecule has 1 N–H and O–H groups in total. The second-order valence-electron chi connectivity index (χ2n) is 5.20. The molecule has 2 aromatic rings. The number of aliphatic hydroxyl groups excluding tert-OH is 1. The molecule has 0 saturated carbocycles. The smallest absolute Gasteiger partial charge is 0.0867 e. The van der Waals surface area contributed by atoms with Crippen LogP contribution in [-0.4, -0.2) is 19.5 Å². The van der Waals surface area contributed by atoms with Crippen LogP contribution in [0.25, 0.3) is 5.69 Å². The van der Waals surface area contributed by atoms with Gasteiger partial charge in [-0.1, -0.05) is 0 Å². The van der Waals surface area contributed by atoms with E-state index < -0.39 is 0 Å². The van der Waals surface area contributed by atoms with Crippen molar-refractivity contribution in [2.75, 3.05) is 0 Å². The van der Waals surface area contributed by atoms with Gasteiger partial charge in [-0.3, -0.25) is 4.68 Å². The van der Waals surface area contributed by atoms with Crippen molar-refractivity contribution in [3.8, 4) is 5.69 Å². The summed E-state index contributed by atoms with van der Waals surface area (Å²) in [5, 5.41) is 14.5. The van der Waals surface area contributed by atoms with Crippen molar-refractivity contribution in [2.45, 2.75) is 39.2 Å². The fraction of sp³-hybridized carbons (Fsp3) is 0.500. The Morgan fingerprint density at radius 2 is 2.17 bits per heavy atom. The minimum absolute atomic E-state index is 0.300. The summed E-state index contributed by atoms with van der Waals surface area (Å²) in [4.78, 5) is 0. The first-order valence-corrected chi connectivity index (χ1v) is 6.47. The first-order chi connectivity index (χ1) is 8.58. The summed E-state index contributed by atoms with van der Waals surface area (Å²) < 4.78 is 4.09. The molecular formula is C14H19N3O. The summed E-state index contributed by atoms with van der Waals surface area (Å²) in [5.74, 6) is 0. The number of aryl methyl sites for hydroxylation is 3. The van der Waals surface area contributed by atoms with Gasteiger partial charge in [-0.15, -0.1) is 0 Å². The number of nitrogens with zero attached hydrogens (tertiary/aromatic N) is 3. The Morgan fingerprint density at radius 1 is 1.39 bits per heavy atom. The number of fused-ring (bicyclic) bond motifs is 1. The van der Waals surface area contributed by atoms with Crippen LogP contribution in [-0.2, 0) is 13.5 Å². The molecule has 1 aliphatic carbocycles. The van der Waals surface area contributed by atoms with Gasteiger partial charge in [-0.25, -0.2) is 0 Å². The molecule has 0 aliphatic heterocycles. The Morgan fingerprint density at radius 3 is 2.83 bits per heavy atom. The van der Waals surface area contributed by atoms with Crippen molar-refractivity contribution >= 4 is 0 Å². The molecule has 2 heterocycles. The summed E-state index contributed by atoms with van der Waals surface area (Å²) >= 11 is 0. The molecular weight excluding hydrogens is 226 g/mol. The maximum atomic E-state index is 10.1. The van der Waals surface area contributed by atoms with E-state index in [9.17, 15) is 5.11 Å². The molecule has 1 atom stereocenters. The third-order valence-electron chi connectivity index (χ3n) is 3.80. The summed E-state index contributed by atoms with van der Waals surface area (Å²) in [6.07, 6.45) is 4.71. The predicted molar refractivity (Wildman–Crippen MR) is 69.9 cm³/mol. The number of rotatable bonds is 1. The highest BCUT2D eigenvalue weighted by Gasteiger charge is 2.24. The van der Waals surface area contributed by atoms with E-state index in [1.165, 1.54) is 11.4 Å². The van der Waals surface area contributed by atoms with E-state index in [2.05, 4.69) is 22.7 Å². The van der Waals surface area contributed by atoms with Gasteiger partial charge >= 0.3 is 0 Å². The van der Waals surface area contributed by atoms with Crippen LogP contribution in [0.3, 0.4) is 0 Å². The Kier molecular flexibility index (Phi) is 2.55. The zero-order valence-electron chi connectivity index (χ0n) is 11.1. The lowest BCUT2D eigenvalue weighted by Gasteiger charge is -2.20. The highest BCUT2D eigenvalue weighted by molar-refractivity contribution is 5.44. The lowest BCUT2D eigenvalue weighted by Crippen LogP contribution is -2.11. The summed E-state index contributed by atoms with van der Waals surface area (Å²) in [7, 11) is 1.94. The van der Waals surface area contributed by atoms with Gasteiger partial charge in [0.1, 0.15) is 0 Å². The monoisotopic (exact) mass is 245 g/mol. The Balaban J connectivity index is 2.21. The molecule has 1 aliphatic rings. The fourth-order valence-corrected chi connectivity index (χ4v) is 3.02. The molecule has 4 heteroatoms. The van der Waals surface area contributed by atoms with E-state index in [0.29, 0.717) is 0 Å². The Labute approximate surface area is 107 Å². The van der Waals surface area contributed by atoms with Crippen LogP contribution in [0.4, 0.5) is 0 Å². The van der Waals surface area contributed by atoms with E-state index in [1.807, 2.05) is 24.9 Å². The average Bonchev–Trinajstić information content (AvgIpc) is 2.79. The molecule has 1 unspecified atom stereocenters. The van der Waals surface area contributed by atoms with Crippen LogP contribution in [0.5, 0.6) is 0 Å². The molecule has 3 rings (SSSR count). The molecule has 0 radical (unpaired) electrons. The Hall–Kier alpha value is -1.55. The van der Waals surface area contributed by atoms with Crippen LogP contribution < -0.4 is 0 Å². The van der Waals surface area contributed by atoms with Gasteiger partial charge in [-0.2, -0.15) is 5.10 Å². The normalized spacial score (nSPS) is 19.0. The van der Waals surface area contributed by atoms with Gasteiger partial charge in [0.15, 0.2) is 0 Å². The van der Waals surface area contributed by atoms with Gasteiger partial charge in [0.2, 0.25) is 0 Å². The van der Waals surface area contributed by atoms with E-state index in [0.717, 1.165) is 36.2 Å². The lowest BCUT2D eigenvalue weighted by atomic mass is 9.95. The average molecular weight is 245 g/mol. The van der Waals surface area contributed by atoms with E-state index in [4.69, 9.17) is 0 Å². The predicted octanol–water partition coefficient (Wildman–Crippen LogP) is 2.20. The number of hydrogen-bond acceptors (Lipinski definition) is 2. The highest BCUT2D eigenvalue weighted by atomic mass is 16.3. The number of aliphatic hydroxyl groups is 1. The van der Waals surface area contributed by atoms with Crippen molar-refractivity contribution in [3.63, 3.8) is 0 Å². The van der Waals surface area contributed by atoms with Crippen molar-refractivity contribution in [1.82, 2.24) is 14.3 Å². The largest absolute Gasteiger partial charge is 0.388 e. The highest BCUT2D eigenvalue weighted by Crippen LogP contribution is 2.34. The van der Waals surface area contributed by atoms with Crippen molar-refractivity contribution in [1.29, 1.82) is 0 Å². The number of aromatic nitrogens is 3. The molecule has 96 valence electrons. The van der Waals surface area contributed by atoms with Crippen LogP contribution in [0.1, 0.15) is 41.6 Å². The summed E-state index contributed by atoms with van der Waals surface area (Å²) in [5.41, 5.74) is 5.69. The summed E-state index contributed by atoms with van der Waals surface area (Å²) in [6.45, 7) is 4.12. The second-order valence-corrected chi connectivity index (χ2v) is 5.20. The molecule has 0 aromatic carbocycles. The topological polar surface area (TPSA) is 43.0 Å². The van der Waals surface area contributed by atoms with Crippen LogP contribution in [0.15, 0.2) is 12.3 Å². The minimum Gasteiger partial charge on any atom is -0.388 e. The zero-order chi connectivity index (χ0) is 12.9. The van der Waals surface area contributed by atoms with Crippen LogP contribution in [0.2, 0.25) is 0 Å². The molecule has 4 nitrogen and oxygen atoms in total. The van der Waals surface area contributed by atoms with E-state index in [1.54, 1.807) is 0 Å². The van der Waals surface area contributed by atoms with Gasteiger partial charge in [0, 0.05) is 30.2 Å². The standard InChI is InChI=1S/C14H19N3O/c1-9-7-11-12(5-4-6-14(11)18)17(9)13-8-16(3)15-10(13)2/h7-8,14,18H,4-6H2,1-3H3. The lowest BCUT2D eigenvalue weighted by molar-refractivity contribution is 0.156. The molecule has 0 fully saturated rings. The van der Waals surface area contributed by atoms with E-state index >= 15 is 0 Å². The van der Waals surface area contributed by atoms with Crippen molar-refractivity contribution in [3.05, 3.63) is 34.9 Å². The van der Waals surface area contributed by atoms with Gasteiger partial charge in [0.25, 0.3) is 0 Å². The molecule has 18 heavy (non-hydrogen) atoms. The fourth-order valence-electron chi connectivity index (χ4n) is 3.02. The van der Waals surface area contributed by atoms with Gasteiger partial charge in [-0.05, 0) is 39.2 Å². The molecule has 0 amide bonds. The first kappa shape index (κ1) is 11.5. The van der Waals surface area contributed by atoms with Crippen LogP contribution >= 0.6 is 0 Å². The van der Waals surface area contributed by atoms with Crippen LogP contribution in [0, 0.1) is 13.8 Å². The summed E-state index contributed by atoms with van der Waals surface area (Å²) in [6, 6.07) is 2.12. The number of hydrogen-bond donors (Lipinski definition) is 1. The van der Waals surface area contributed by atoms with Crippen molar-refractivity contribution in [2.24, 2.45) is 7.05 Å². The maximum Gasteiger partial charge on any atom is 0.0867 e. The minimum atomic E-state index is -0.300. The first-order valence-electron chi connectivity index (χ1n) is 6.47. The third-order valence-corrected chi connectivity index (χ3v) is 3.80. The Bertz CT molecular complexity index is 594. The third kappa shape index (κ3) is 1.60. The SMILES string of the molecule is Cc1nn(C)cc1-n1c(C)cc2c1CCCC2O. The molecule has 0 saturated heterocycles. The van der Waals surface area contributed by atoms with E-state index in [-0.39, 0.29) is 6.10 Å². The zero-order valence-corrected chi connectivity index (χ0v) is 11.1. The second kappa shape index (κ2) is 3.99.